The highest BCUT2D eigenvalue weighted by Crippen LogP contribution is 2.34. The summed E-state index contributed by atoms with van der Waals surface area (Å²) >= 11 is 1.63. The van der Waals surface area contributed by atoms with Crippen LogP contribution in [0.4, 0.5) is 0 Å². The molecule has 1 N–H and O–H groups in total. The fraction of sp³-hybridized carbons (Fsp3) is 0.550. The van der Waals surface area contributed by atoms with Crippen LogP contribution in [-0.2, 0) is 6.42 Å². The summed E-state index contributed by atoms with van der Waals surface area (Å²) in [5, 5.41) is 4.09. The Balaban J connectivity index is 1.96. The quantitative estimate of drug-likeness (QED) is 0.868. The van der Waals surface area contributed by atoms with Gasteiger partial charge < -0.3 is 10.2 Å². The third kappa shape index (κ3) is 3.65. The number of rotatable bonds is 5. The molecule has 0 spiro atoms. The van der Waals surface area contributed by atoms with Gasteiger partial charge in [-0.1, -0.05) is 38.0 Å². The number of amides is 1. The van der Waals surface area contributed by atoms with E-state index in [0.29, 0.717) is 6.04 Å². The summed E-state index contributed by atoms with van der Waals surface area (Å²) in [6.07, 6.45) is 7.39. The van der Waals surface area contributed by atoms with Crippen LogP contribution in [0.25, 0.3) is 10.1 Å². The fourth-order valence-corrected chi connectivity index (χ4v) is 5.06. The number of hydrogen-bond acceptors (Lipinski definition) is 3. The first-order valence-electron chi connectivity index (χ1n) is 9.21. The maximum atomic E-state index is 12.4. The van der Waals surface area contributed by atoms with Crippen LogP contribution in [0.2, 0.25) is 0 Å². The fourth-order valence-electron chi connectivity index (χ4n) is 3.88. The lowest BCUT2D eigenvalue weighted by Gasteiger charge is -2.30. The predicted molar refractivity (Wildman–Crippen MR) is 103 cm³/mol. The summed E-state index contributed by atoms with van der Waals surface area (Å²) in [5.74, 6) is 0.0573. The molecule has 0 aliphatic carbocycles. The molecule has 0 bridgehead atoms. The number of fused-ring (bicyclic) bond motifs is 1. The van der Waals surface area contributed by atoms with Gasteiger partial charge in [0.1, 0.15) is 0 Å². The zero-order chi connectivity index (χ0) is 16.9. The Hall–Kier alpha value is -1.39. The zero-order valence-electron chi connectivity index (χ0n) is 14.8. The first-order valence-corrected chi connectivity index (χ1v) is 10.0. The number of carbonyl (C=O) groups is 1. The molecule has 130 valence electrons. The highest BCUT2D eigenvalue weighted by Gasteiger charge is 2.25. The summed E-state index contributed by atoms with van der Waals surface area (Å²) in [6, 6.07) is 9.02. The number of nitrogens with zero attached hydrogens (tertiary/aromatic N) is 1. The van der Waals surface area contributed by atoms with Gasteiger partial charge in [-0.2, -0.15) is 0 Å². The summed E-state index contributed by atoms with van der Waals surface area (Å²) in [7, 11) is 1.73. The average Bonchev–Trinajstić information content (AvgIpc) is 2.82. The molecule has 1 aliphatic heterocycles. The normalized spacial score (nSPS) is 19.3. The second-order valence-corrected chi connectivity index (χ2v) is 7.78. The van der Waals surface area contributed by atoms with E-state index in [0.717, 1.165) is 11.3 Å². The molecule has 4 heteroatoms. The van der Waals surface area contributed by atoms with E-state index in [2.05, 4.69) is 41.4 Å². The van der Waals surface area contributed by atoms with Gasteiger partial charge in [0.25, 0.3) is 5.91 Å². The first kappa shape index (κ1) is 17.4. The van der Waals surface area contributed by atoms with Crippen LogP contribution in [-0.4, -0.2) is 37.0 Å². The lowest BCUT2D eigenvalue weighted by atomic mass is 9.98. The van der Waals surface area contributed by atoms with Gasteiger partial charge in [0, 0.05) is 17.8 Å². The van der Waals surface area contributed by atoms with E-state index in [1.165, 1.54) is 60.8 Å². The molecule has 1 saturated heterocycles. The molecule has 1 aromatic heterocycles. The third-order valence-corrected chi connectivity index (χ3v) is 6.29. The molecule has 2 aromatic rings. The Morgan fingerprint density at radius 3 is 2.92 bits per heavy atom. The molecular formula is C20H28N2OS. The Morgan fingerprint density at radius 2 is 2.12 bits per heavy atom. The highest BCUT2D eigenvalue weighted by atomic mass is 32.1. The second-order valence-electron chi connectivity index (χ2n) is 6.73. The van der Waals surface area contributed by atoms with Gasteiger partial charge in [0.05, 0.1) is 4.88 Å². The Bertz CT molecular complexity index is 694. The first-order chi connectivity index (χ1) is 11.7. The van der Waals surface area contributed by atoms with E-state index in [-0.39, 0.29) is 5.91 Å². The van der Waals surface area contributed by atoms with Crippen molar-refractivity contribution in [3.05, 3.63) is 34.7 Å². The zero-order valence-corrected chi connectivity index (χ0v) is 15.6. The van der Waals surface area contributed by atoms with E-state index < -0.39 is 0 Å². The molecule has 24 heavy (non-hydrogen) atoms. The highest BCUT2D eigenvalue weighted by molar-refractivity contribution is 7.21. The van der Waals surface area contributed by atoms with Crippen LogP contribution in [0, 0.1) is 0 Å². The number of carbonyl (C=O) groups excluding carboxylic acids is 1. The van der Waals surface area contributed by atoms with Gasteiger partial charge >= 0.3 is 0 Å². The molecule has 1 aromatic carbocycles. The second kappa shape index (κ2) is 8.13. The lowest BCUT2D eigenvalue weighted by molar-refractivity contribution is 0.0965. The largest absolute Gasteiger partial charge is 0.354 e. The minimum atomic E-state index is 0.0573. The summed E-state index contributed by atoms with van der Waals surface area (Å²) in [6.45, 7) is 4.63. The molecule has 1 fully saturated rings. The van der Waals surface area contributed by atoms with Crippen molar-refractivity contribution in [2.45, 2.75) is 51.5 Å². The van der Waals surface area contributed by atoms with Crippen molar-refractivity contribution < 1.29 is 4.79 Å². The van der Waals surface area contributed by atoms with Gasteiger partial charge in [-0.05, 0) is 55.8 Å². The van der Waals surface area contributed by atoms with Crippen LogP contribution >= 0.6 is 11.3 Å². The Labute approximate surface area is 149 Å². The van der Waals surface area contributed by atoms with Crippen LogP contribution < -0.4 is 5.32 Å². The number of benzene rings is 1. The SMILES string of the molecule is CCCN1CCCCC[C@H]1Cc1c(C(=O)NC)sc2ccccc12. The van der Waals surface area contributed by atoms with E-state index in [4.69, 9.17) is 0 Å². The van der Waals surface area contributed by atoms with E-state index in [1.54, 1.807) is 18.4 Å². The minimum absolute atomic E-state index is 0.0573. The maximum absolute atomic E-state index is 12.4. The number of thiophene rings is 1. The maximum Gasteiger partial charge on any atom is 0.261 e. The lowest BCUT2D eigenvalue weighted by Crippen LogP contribution is -2.37. The number of hydrogen-bond donors (Lipinski definition) is 1. The molecule has 1 amide bonds. The molecule has 1 atom stereocenters. The molecular weight excluding hydrogens is 316 g/mol. The van der Waals surface area contributed by atoms with E-state index in [9.17, 15) is 4.79 Å². The number of likely N-dealkylation sites (tertiary alicyclic amines) is 1. The van der Waals surface area contributed by atoms with Crippen LogP contribution in [0.1, 0.15) is 54.3 Å². The molecule has 2 heterocycles. The predicted octanol–water partition coefficient (Wildman–Crippen LogP) is 4.46. The Kier molecular flexibility index (Phi) is 5.90. The van der Waals surface area contributed by atoms with Crippen molar-refractivity contribution in [2.24, 2.45) is 0 Å². The topological polar surface area (TPSA) is 32.3 Å². The third-order valence-electron chi connectivity index (χ3n) is 5.08. The van der Waals surface area contributed by atoms with Crippen molar-refractivity contribution in [1.29, 1.82) is 0 Å². The standard InChI is InChI=1S/C20H28N2OS/c1-3-12-22-13-8-4-5-9-15(22)14-17-16-10-6-7-11-18(16)24-19(17)20(23)21-2/h6-7,10-11,15H,3-5,8-9,12-14H2,1-2H3,(H,21,23)/t15-/m0/s1. The van der Waals surface area contributed by atoms with E-state index in [1.807, 2.05) is 0 Å². The monoisotopic (exact) mass is 344 g/mol. The summed E-state index contributed by atoms with van der Waals surface area (Å²) < 4.78 is 1.22. The smallest absolute Gasteiger partial charge is 0.261 e. The Morgan fingerprint density at radius 1 is 1.29 bits per heavy atom. The van der Waals surface area contributed by atoms with Gasteiger partial charge in [-0.3, -0.25) is 4.79 Å². The van der Waals surface area contributed by atoms with Crippen molar-refractivity contribution in [3.63, 3.8) is 0 Å². The van der Waals surface area contributed by atoms with Gasteiger partial charge in [-0.25, -0.2) is 0 Å². The van der Waals surface area contributed by atoms with Gasteiger partial charge in [0.15, 0.2) is 0 Å². The van der Waals surface area contributed by atoms with E-state index >= 15 is 0 Å². The summed E-state index contributed by atoms with van der Waals surface area (Å²) in [4.78, 5) is 16.0. The van der Waals surface area contributed by atoms with Crippen molar-refractivity contribution in [3.8, 4) is 0 Å². The van der Waals surface area contributed by atoms with Crippen molar-refractivity contribution >= 4 is 27.3 Å². The number of nitrogens with one attached hydrogen (secondary N) is 1. The van der Waals surface area contributed by atoms with Crippen molar-refractivity contribution in [2.75, 3.05) is 20.1 Å². The van der Waals surface area contributed by atoms with Gasteiger partial charge in [0.2, 0.25) is 0 Å². The van der Waals surface area contributed by atoms with Crippen LogP contribution in [0.15, 0.2) is 24.3 Å². The van der Waals surface area contributed by atoms with Crippen LogP contribution in [0.3, 0.4) is 0 Å². The average molecular weight is 345 g/mol. The molecule has 3 rings (SSSR count). The van der Waals surface area contributed by atoms with Crippen LogP contribution in [0.5, 0.6) is 0 Å². The molecule has 3 nitrogen and oxygen atoms in total. The molecule has 0 unspecified atom stereocenters. The minimum Gasteiger partial charge on any atom is -0.354 e. The molecule has 0 saturated carbocycles. The summed E-state index contributed by atoms with van der Waals surface area (Å²) in [5.41, 5.74) is 1.25. The van der Waals surface area contributed by atoms with Crippen molar-refractivity contribution in [1.82, 2.24) is 10.2 Å². The molecule has 1 aliphatic rings. The molecule has 0 radical (unpaired) electrons. The van der Waals surface area contributed by atoms with Gasteiger partial charge in [-0.15, -0.1) is 11.3 Å².